The smallest absolute Gasteiger partial charge is 0.373 e. The Morgan fingerprint density at radius 2 is 0.959 bits per heavy atom. The van der Waals surface area contributed by atoms with Crippen LogP contribution >= 0.6 is 0 Å². The second-order valence-corrected chi connectivity index (χ2v) is 23.9. The number of esters is 1. The van der Waals surface area contributed by atoms with Gasteiger partial charge in [-0.05, 0) is 111 Å². The molecule has 0 unspecified atom stereocenters. The summed E-state index contributed by atoms with van der Waals surface area (Å²) in [5.41, 5.74) is 18.0. The summed E-state index contributed by atoms with van der Waals surface area (Å²) >= 11 is 0. The Morgan fingerprint density at radius 1 is 0.541 bits per heavy atom. The Balaban J connectivity index is 0.000000130. The summed E-state index contributed by atoms with van der Waals surface area (Å²) in [5, 5.41) is 14.3. The number of imidazole rings is 3. The number of rotatable bonds is 13. The topological polar surface area (TPSA) is 253 Å². The summed E-state index contributed by atoms with van der Waals surface area (Å²) < 4.78 is 72.5. The summed E-state index contributed by atoms with van der Waals surface area (Å²) in [4.78, 5) is 70.1. The normalized spacial score (nSPS) is 13.1. The third-order valence-corrected chi connectivity index (χ3v) is 17.5. The van der Waals surface area contributed by atoms with Crippen LogP contribution in [0.1, 0.15) is 82.4 Å². The first kappa shape index (κ1) is 64.8. The van der Waals surface area contributed by atoms with Crippen molar-refractivity contribution in [1.29, 1.82) is 0 Å². The van der Waals surface area contributed by atoms with E-state index in [9.17, 15) is 22.8 Å². The number of nitrogens with zero attached hydrogens (tertiary/aromatic N) is 12. The number of fused-ring (bicyclic) bond motifs is 7. The van der Waals surface area contributed by atoms with Gasteiger partial charge in [-0.2, -0.15) is 14.7 Å². The average Bonchev–Trinajstić information content (AvgIpc) is 1.53. The Kier molecular flexibility index (Phi) is 18.1. The first-order valence-electron chi connectivity index (χ1n) is 31.6. The highest BCUT2D eigenvalue weighted by molar-refractivity contribution is 5.97. The van der Waals surface area contributed by atoms with Crippen molar-refractivity contribution in [1.82, 2.24) is 57.8 Å². The van der Waals surface area contributed by atoms with E-state index in [4.69, 9.17) is 33.5 Å². The summed E-state index contributed by atoms with van der Waals surface area (Å²) in [5.74, 6) is 2.94. The fourth-order valence-electron chi connectivity index (χ4n) is 12.8. The van der Waals surface area contributed by atoms with E-state index in [1.54, 1.807) is 53.8 Å². The van der Waals surface area contributed by atoms with Gasteiger partial charge >= 0.3 is 12.1 Å². The van der Waals surface area contributed by atoms with Gasteiger partial charge in [-0.3, -0.25) is 22.7 Å². The molecule has 3 N–H and O–H groups in total. The van der Waals surface area contributed by atoms with E-state index in [-0.39, 0.29) is 42.0 Å². The number of halogens is 3. The van der Waals surface area contributed by atoms with Crippen LogP contribution in [0.15, 0.2) is 122 Å². The molecule has 5 aromatic carbocycles. The van der Waals surface area contributed by atoms with Gasteiger partial charge < -0.3 is 39.8 Å². The zero-order chi connectivity index (χ0) is 68.5. The van der Waals surface area contributed by atoms with Crippen LogP contribution in [-0.4, -0.2) is 116 Å². The average molecular weight is 1330 g/mol. The van der Waals surface area contributed by atoms with E-state index < -0.39 is 0 Å². The van der Waals surface area contributed by atoms with Gasteiger partial charge in [0.2, 0.25) is 17.8 Å². The highest BCUT2D eigenvalue weighted by Crippen LogP contribution is 2.36. The molecule has 0 aliphatic carbocycles. The molecule has 0 atom stereocenters. The molecule has 498 valence electrons. The standard InChI is InChI=1S/C26H24FN5O2.C24H21FN4O3.C21H21FN6O.CO2/c1-15-14-32-24(30-15)20(16-3-4-18-17(11-16)7-9-31(2)25(18)33)12-28-26(32)29-13-21-19-8-10-34-23(19)6-5-22(21)27;1-14-13-29-22(28-14)18(15-3-5-16(6-4-15)23(30)31-2)11-26-24(29)27-12-19-17-9-10-32-21(17)8-7-20(19)25;1-12-8-18(27(3)26-12)16-10-24-21(28-11-13(2)25-20(16)28)23-9-15-14-6-7-29-19(14)5-4-17(15)22;2-1-3/h3-6,11-12,14H,7-10,13H2,1-2H3,(H,28,29);3-8,11,13H,9-10,12H2,1-2H3,(H,26,27);4-5,8,10-11H,6-7,9H2,1-3H3,(H,23,24);. The number of aryl methyl sites for hydroxylation is 5. The minimum absolute atomic E-state index is 0.0531. The van der Waals surface area contributed by atoms with E-state index in [0.29, 0.717) is 98.0 Å². The van der Waals surface area contributed by atoms with Gasteiger partial charge in [0.1, 0.15) is 46.0 Å². The number of carbonyl (C=O) groups is 2. The van der Waals surface area contributed by atoms with Crippen LogP contribution in [0.2, 0.25) is 0 Å². The van der Waals surface area contributed by atoms with Crippen molar-refractivity contribution in [2.75, 3.05) is 56.5 Å². The Hall–Kier alpha value is -11.9. The van der Waals surface area contributed by atoms with Crippen LogP contribution in [0.25, 0.3) is 50.5 Å². The third-order valence-electron chi connectivity index (χ3n) is 17.5. The van der Waals surface area contributed by atoms with Crippen molar-refractivity contribution in [2.45, 2.75) is 73.0 Å². The minimum atomic E-state index is -0.388. The molecule has 1 amide bonds. The zero-order valence-electron chi connectivity index (χ0n) is 54.6. The molecule has 0 saturated carbocycles. The molecule has 0 radical (unpaired) electrons. The van der Waals surface area contributed by atoms with E-state index >= 15 is 0 Å². The van der Waals surface area contributed by atoms with Crippen LogP contribution < -0.4 is 30.2 Å². The molecule has 7 aromatic heterocycles. The number of methoxy groups -OCH3 is 1. The monoisotopic (exact) mass is 1330 g/mol. The third kappa shape index (κ3) is 12.8. The maximum Gasteiger partial charge on any atom is 0.373 e. The van der Waals surface area contributed by atoms with Gasteiger partial charge in [0.25, 0.3) is 5.91 Å². The molecule has 12 aromatic rings. The Labute approximate surface area is 559 Å². The van der Waals surface area contributed by atoms with Crippen LogP contribution in [0.5, 0.6) is 17.2 Å². The number of aromatic nitrogens is 11. The number of likely N-dealkylation sites (N-methyl/N-ethyl adjacent to an activating group) is 1. The van der Waals surface area contributed by atoms with Crippen LogP contribution in [0.3, 0.4) is 0 Å². The molecule has 0 saturated heterocycles. The number of amides is 1. The molecule has 4 aliphatic rings. The molecular weight excluding hydrogens is 1260 g/mol. The molecule has 16 rings (SSSR count). The number of hydrogen-bond donors (Lipinski definition) is 3. The lowest BCUT2D eigenvalue weighted by atomic mass is 9.95. The summed E-state index contributed by atoms with van der Waals surface area (Å²) in [6, 6.07) is 24.4. The summed E-state index contributed by atoms with van der Waals surface area (Å²) in [7, 11) is 5.08. The Morgan fingerprint density at radius 3 is 1.39 bits per heavy atom. The predicted molar refractivity (Wildman–Crippen MR) is 357 cm³/mol. The number of benzene rings is 5. The van der Waals surface area contributed by atoms with Crippen molar-refractivity contribution < 1.29 is 51.3 Å². The van der Waals surface area contributed by atoms with Gasteiger partial charge in [-0.25, -0.2) is 47.9 Å². The van der Waals surface area contributed by atoms with Gasteiger partial charge in [0.15, 0.2) is 5.65 Å². The molecule has 0 spiro atoms. The number of anilines is 3. The second-order valence-electron chi connectivity index (χ2n) is 23.9. The lowest BCUT2D eigenvalue weighted by molar-refractivity contribution is -0.191. The lowest BCUT2D eigenvalue weighted by Crippen LogP contribution is -2.34. The maximum atomic E-state index is 14.6. The van der Waals surface area contributed by atoms with Crippen LogP contribution in [0.4, 0.5) is 31.0 Å². The molecule has 4 aliphatic heterocycles. The largest absolute Gasteiger partial charge is 0.493 e. The van der Waals surface area contributed by atoms with Crippen LogP contribution in [0, 0.1) is 45.1 Å². The van der Waals surface area contributed by atoms with Crippen molar-refractivity contribution in [2.24, 2.45) is 7.05 Å². The summed E-state index contributed by atoms with van der Waals surface area (Å²) in [6.07, 6.45) is 14.2. The number of hydrogen-bond acceptors (Lipinski definition) is 18. The molecule has 0 fully saturated rings. The minimum Gasteiger partial charge on any atom is -0.493 e. The van der Waals surface area contributed by atoms with Crippen LogP contribution in [-0.2, 0) is 66.7 Å². The molecule has 98 heavy (non-hydrogen) atoms. The predicted octanol–water partition coefficient (Wildman–Crippen LogP) is 11.0. The lowest BCUT2D eigenvalue weighted by Gasteiger charge is -2.25. The fourth-order valence-corrected chi connectivity index (χ4v) is 12.8. The van der Waals surface area contributed by atoms with Gasteiger partial charge in [-0.1, -0.05) is 24.3 Å². The molecule has 23 nitrogen and oxygen atoms in total. The fraction of sp³-hybridized carbons (Fsp3) is 0.250. The number of carbonyl (C=O) groups excluding carboxylic acids is 4. The first-order valence-corrected chi connectivity index (χ1v) is 31.6. The number of ether oxygens (including phenoxy) is 4. The molecule has 26 heteroatoms. The maximum absolute atomic E-state index is 14.6. The van der Waals surface area contributed by atoms with Crippen molar-refractivity contribution >= 4 is 52.8 Å². The molecule has 0 bridgehead atoms. The van der Waals surface area contributed by atoms with Crippen molar-refractivity contribution in [3.05, 3.63) is 212 Å². The van der Waals surface area contributed by atoms with Gasteiger partial charge in [0, 0.05) is 147 Å². The van der Waals surface area contributed by atoms with Crippen molar-refractivity contribution in [3.63, 3.8) is 0 Å². The highest BCUT2D eigenvalue weighted by Gasteiger charge is 2.26. The van der Waals surface area contributed by atoms with Gasteiger partial charge in [0.05, 0.1) is 66.5 Å². The van der Waals surface area contributed by atoms with Crippen molar-refractivity contribution in [3.8, 4) is 50.8 Å². The van der Waals surface area contributed by atoms with E-state index in [1.165, 1.54) is 25.3 Å². The SMILES string of the molecule is COC(=O)c1ccc(-c2cnc(NCc3c(F)ccc4c3CCO4)n3cc(C)nc23)cc1.Cc1cn2c(NCc3c(F)ccc4c3CCO4)ncc(-c3cc(C)nn3C)c2n1.Cc1cn2c(NCc3c(F)ccc4c3CCO4)ncc(-c3ccc4c(c3)CCN(C)C4=O)c2n1.O=C=O. The highest BCUT2D eigenvalue weighted by atomic mass is 19.1. The second kappa shape index (κ2) is 27.4. The van der Waals surface area contributed by atoms with E-state index in [0.717, 1.165) is 125 Å². The zero-order valence-corrected chi connectivity index (χ0v) is 54.6. The molecule has 11 heterocycles. The van der Waals surface area contributed by atoms with Gasteiger partial charge in [-0.15, -0.1) is 0 Å². The van der Waals surface area contributed by atoms with E-state index in [1.807, 2.05) is 109 Å². The molecular formula is C72H66F3N15O8. The summed E-state index contributed by atoms with van der Waals surface area (Å²) in [6.45, 7) is 11.1. The van der Waals surface area contributed by atoms with E-state index in [2.05, 4.69) is 52.0 Å². The number of nitrogens with one attached hydrogen (secondary N) is 3. The Bertz CT molecular complexity index is 5140. The first-order chi connectivity index (χ1) is 47.5. The quantitative estimate of drug-likeness (QED) is 0.0907.